The minimum Gasteiger partial charge on any atom is -0.465 e. The molecule has 1 aliphatic heterocycles. The molecular formula is C13H16N4O2. The van der Waals surface area contributed by atoms with E-state index in [2.05, 4.69) is 6.07 Å². The molecule has 0 aromatic heterocycles. The fourth-order valence-corrected chi connectivity index (χ4v) is 2.35. The fraction of sp³-hybridized carbons (Fsp3) is 0.385. The van der Waals surface area contributed by atoms with Crippen molar-refractivity contribution in [3.8, 4) is 6.07 Å². The Hall–Kier alpha value is -2.42. The number of hydrogen-bond donors (Lipinski definition) is 2. The monoisotopic (exact) mass is 260 g/mol. The van der Waals surface area contributed by atoms with Crippen LogP contribution in [-0.2, 0) is 0 Å². The number of likely N-dealkylation sites (N-methyl/N-ethyl adjacent to an activating group) is 1. The van der Waals surface area contributed by atoms with Gasteiger partial charge in [-0.3, -0.25) is 0 Å². The molecule has 3 N–H and O–H groups in total. The van der Waals surface area contributed by atoms with Gasteiger partial charge in [-0.1, -0.05) is 0 Å². The summed E-state index contributed by atoms with van der Waals surface area (Å²) in [5.74, 6) is 0. The number of anilines is 2. The van der Waals surface area contributed by atoms with Gasteiger partial charge in [0.2, 0.25) is 0 Å². The van der Waals surface area contributed by atoms with Crippen molar-refractivity contribution in [3.63, 3.8) is 0 Å². The second-order valence-corrected chi connectivity index (χ2v) is 4.67. The van der Waals surface area contributed by atoms with Crippen LogP contribution < -0.4 is 10.6 Å². The summed E-state index contributed by atoms with van der Waals surface area (Å²) in [4.78, 5) is 14.3. The van der Waals surface area contributed by atoms with E-state index in [0.717, 1.165) is 18.7 Å². The SMILES string of the molecule is CN(C(=O)O)C1CCN(c2ccc(N)cc2C#N)C1. The van der Waals surface area contributed by atoms with Gasteiger partial charge in [0.15, 0.2) is 0 Å². The first-order valence-corrected chi connectivity index (χ1v) is 6.03. The number of nitrogens with zero attached hydrogens (tertiary/aromatic N) is 3. The van der Waals surface area contributed by atoms with Crippen LogP contribution >= 0.6 is 0 Å². The lowest BCUT2D eigenvalue weighted by atomic mass is 10.1. The van der Waals surface area contributed by atoms with Gasteiger partial charge in [-0.05, 0) is 24.6 Å². The first kappa shape index (κ1) is 13.0. The molecule has 1 heterocycles. The summed E-state index contributed by atoms with van der Waals surface area (Å²) in [6.45, 7) is 1.34. The van der Waals surface area contributed by atoms with Gasteiger partial charge in [-0.2, -0.15) is 5.26 Å². The van der Waals surface area contributed by atoms with Crippen molar-refractivity contribution in [1.82, 2.24) is 4.90 Å². The Morgan fingerprint density at radius 3 is 3.00 bits per heavy atom. The zero-order valence-corrected chi connectivity index (χ0v) is 10.7. The summed E-state index contributed by atoms with van der Waals surface area (Å²) in [6.07, 6.45) is -0.164. The van der Waals surface area contributed by atoms with Crippen molar-refractivity contribution < 1.29 is 9.90 Å². The van der Waals surface area contributed by atoms with E-state index in [0.29, 0.717) is 17.8 Å². The third-order valence-electron chi connectivity index (χ3n) is 3.49. The molecule has 100 valence electrons. The number of benzene rings is 1. The molecule has 1 amide bonds. The topological polar surface area (TPSA) is 93.6 Å². The lowest BCUT2D eigenvalue weighted by Gasteiger charge is -2.23. The van der Waals surface area contributed by atoms with Crippen LogP contribution in [0.2, 0.25) is 0 Å². The molecule has 1 fully saturated rings. The van der Waals surface area contributed by atoms with Crippen molar-refractivity contribution in [2.45, 2.75) is 12.5 Å². The average Bonchev–Trinajstić information content (AvgIpc) is 2.86. The number of nitrogen functional groups attached to an aromatic ring is 1. The van der Waals surface area contributed by atoms with Crippen LogP contribution in [0.25, 0.3) is 0 Å². The number of nitrogens with two attached hydrogens (primary N) is 1. The number of hydrogen-bond acceptors (Lipinski definition) is 4. The van der Waals surface area contributed by atoms with Gasteiger partial charge in [0.1, 0.15) is 6.07 Å². The maximum atomic E-state index is 10.9. The summed E-state index contributed by atoms with van der Waals surface area (Å²) < 4.78 is 0. The van der Waals surface area contributed by atoms with E-state index in [-0.39, 0.29) is 6.04 Å². The quantitative estimate of drug-likeness (QED) is 0.782. The zero-order chi connectivity index (χ0) is 14.0. The van der Waals surface area contributed by atoms with Crippen molar-refractivity contribution in [2.75, 3.05) is 30.8 Å². The molecule has 6 nitrogen and oxygen atoms in total. The van der Waals surface area contributed by atoms with Crippen LogP contribution in [0.5, 0.6) is 0 Å². The van der Waals surface area contributed by atoms with E-state index >= 15 is 0 Å². The van der Waals surface area contributed by atoms with Gasteiger partial charge in [-0.25, -0.2) is 4.79 Å². The number of amides is 1. The Morgan fingerprint density at radius 2 is 2.37 bits per heavy atom. The van der Waals surface area contributed by atoms with E-state index < -0.39 is 6.09 Å². The number of nitriles is 1. The van der Waals surface area contributed by atoms with Gasteiger partial charge in [0.25, 0.3) is 0 Å². The van der Waals surface area contributed by atoms with Crippen LogP contribution in [0, 0.1) is 11.3 Å². The Bertz CT molecular complexity index is 538. The summed E-state index contributed by atoms with van der Waals surface area (Å²) in [7, 11) is 1.57. The van der Waals surface area contributed by atoms with Crippen LogP contribution in [0.4, 0.5) is 16.2 Å². The molecule has 0 radical (unpaired) electrons. The van der Waals surface area contributed by atoms with Crippen LogP contribution in [0.15, 0.2) is 18.2 Å². The summed E-state index contributed by atoms with van der Waals surface area (Å²) in [5, 5.41) is 18.1. The third kappa shape index (κ3) is 2.55. The highest BCUT2D eigenvalue weighted by atomic mass is 16.4. The lowest BCUT2D eigenvalue weighted by Crippen LogP contribution is -2.38. The van der Waals surface area contributed by atoms with Gasteiger partial charge >= 0.3 is 6.09 Å². The first-order chi connectivity index (χ1) is 9.02. The standard InChI is InChI=1S/C13H16N4O2/c1-16(13(18)19)11-4-5-17(8-11)12-3-2-10(15)6-9(12)7-14/h2-3,6,11H,4-5,8,15H2,1H3,(H,18,19). The minimum atomic E-state index is -0.926. The van der Waals surface area contributed by atoms with E-state index in [1.54, 1.807) is 19.2 Å². The van der Waals surface area contributed by atoms with E-state index in [1.165, 1.54) is 4.90 Å². The molecule has 1 aromatic rings. The van der Waals surface area contributed by atoms with E-state index in [9.17, 15) is 4.79 Å². The maximum Gasteiger partial charge on any atom is 0.407 e. The van der Waals surface area contributed by atoms with Crippen molar-refractivity contribution in [2.24, 2.45) is 0 Å². The Labute approximate surface area is 111 Å². The second-order valence-electron chi connectivity index (χ2n) is 4.67. The summed E-state index contributed by atoms with van der Waals surface area (Å²) >= 11 is 0. The summed E-state index contributed by atoms with van der Waals surface area (Å²) in [6, 6.07) is 7.30. The molecule has 1 atom stereocenters. The van der Waals surface area contributed by atoms with Crippen molar-refractivity contribution in [1.29, 1.82) is 5.26 Å². The normalized spacial score (nSPS) is 18.1. The second kappa shape index (κ2) is 5.06. The molecule has 19 heavy (non-hydrogen) atoms. The van der Waals surface area contributed by atoms with Crippen LogP contribution in [0.3, 0.4) is 0 Å². The minimum absolute atomic E-state index is 0.0402. The lowest BCUT2D eigenvalue weighted by molar-refractivity contribution is 0.142. The van der Waals surface area contributed by atoms with Crippen molar-refractivity contribution in [3.05, 3.63) is 23.8 Å². The van der Waals surface area contributed by atoms with Gasteiger partial charge < -0.3 is 20.6 Å². The molecule has 6 heteroatoms. The fourth-order valence-electron chi connectivity index (χ4n) is 2.35. The Kier molecular flexibility index (Phi) is 3.47. The van der Waals surface area contributed by atoms with Gasteiger partial charge in [-0.15, -0.1) is 0 Å². The molecule has 0 saturated carbocycles. The Morgan fingerprint density at radius 1 is 1.63 bits per heavy atom. The maximum absolute atomic E-state index is 10.9. The Balaban J connectivity index is 2.18. The smallest absolute Gasteiger partial charge is 0.407 e. The van der Waals surface area contributed by atoms with E-state index in [1.807, 2.05) is 11.0 Å². The zero-order valence-electron chi connectivity index (χ0n) is 10.7. The third-order valence-corrected chi connectivity index (χ3v) is 3.49. The molecule has 0 spiro atoms. The average molecular weight is 260 g/mol. The summed E-state index contributed by atoms with van der Waals surface area (Å²) in [5.41, 5.74) is 7.56. The molecule has 1 saturated heterocycles. The predicted octanol–water partition coefficient (Wildman–Crippen LogP) is 1.33. The van der Waals surface area contributed by atoms with Crippen molar-refractivity contribution >= 4 is 17.5 Å². The van der Waals surface area contributed by atoms with Crippen LogP contribution in [-0.4, -0.2) is 42.3 Å². The highest BCUT2D eigenvalue weighted by Gasteiger charge is 2.29. The number of rotatable bonds is 2. The molecule has 0 bridgehead atoms. The predicted molar refractivity (Wildman–Crippen MR) is 72.0 cm³/mol. The largest absolute Gasteiger partial charge is 0.465 e. The molecule has 1 aliphatic rings. The van der Waals surface area contributed by atoms with E-state index in [4.69, 9.17) is 16.1 Å². The molecular weight excluding hydrogens is 244 g/mol. The number of carboxylic acid groups (broad SMARTS) is 1. The highest BCUT2D eigenvalue weighted by Crippen LogP contribution is 2.27. The molecule has 1 unspecified atom stereocenters. The molecule has 2 rings (SSSR count). The number of carbonyl (C=O) groups is 1. The van der Waals surface area contributed by atoms with Gasteiger partial charge in [0.05, 0.1) is 17.3 Å². The highest BCUT2D eigenvalue weighted by molar-refractivity contribution is 5.67. The first-order valence-electron chi connectivity index (χ1n) is 6.03. The van der Waals surface area contributed by atoms with Gasteiger partial charge in [0, 0.05) is 25.8 Å². The van der Waals surface area contributed by atoms with Crippen LogP contribution in [0.1, 0.15) is 12.0 Å². The molecule has 1 aromatic carbocycles. The molecule has 0 aliphatic carbocycles.